The predicted octanol–water partition coefficient (Wildman–Crippen LogP) is 1.86. The van der Waals surface area contributed by atoms with Gasteiger partial charge in [-0.05, 0) is 30.7 Å². The molecule has 152 valence electrons. The van der Waals surface area contributed by atoms with Crippen molar-refractivity contribution in [2.75, 3.05) is 13.1 Å². The zero-order valence-electron chi connectivity index (χ0n) is 15.5. The van der Waals surface area contributed by atoms with Crippen LogP contribution in [-0.4, -0.2) is 45.5 Å². The minimum Gasteiger partial charge on any atom is -0.341 e. The van der Waals surface area contributed by atoms with Gasteiger partial charge in [0.15, 0.2) is 0 Å². The first-order valence-electron chi connectivity index (χ1n) is 9.60. The number of nitrogens with zero attached hydrogens (tertiary/aromatic N) is 2. The highest BCUT2D eigenvalue weighted by molar-refractivity contribution is 8.00. The molecule has 5 heterocycles. The number of likely N-dealkylation sites (tertiary alicyclic amines) is 1. The minimum absolute atomic E-state index is 0.0121. The summed E-state index contributed by atoms with van der Waals surface area (Å²) in [5, 5.41) is 4.47. The van der Waals surface area contributed by atoms with Crippen LogP contribution in [0.25, 0.3) is 0 Å². The van der Waals surface area contributed by atoms with Gasteiger partial charge in [-0.2, -0.15) is 0 Å². The monoisotopic (exact) mass is 449 g/mol. The summed E-state index contributed by atoms with van der Waals surface area (Å²) >= 11 is 3.86. The largest absolute Gasteiger partial charge is 0.341 e. The van der Waals surface area contributed by atoms with E-state index in [0.717, 1.165) is 53.4 Å². The van der Waals surface area contributed by atoms with Crippen LogP contribution in [0.1, 0.15) is 34.9 Å². The number of piperidine rings is 1. The van der Waals surface area contributed by atoms with Crippen molar-refractivity contribution < 1.29 is 14.4 Å². The average molecular weight is 450 g/mol. The van der Waals surface area contributed by atoms with Crippen LogP contribution in [0, 0.1) is 5.92 Å². The molecule has 10 heteroatoms. The topological polar surface area (TPSA) is 88.5 Å². The van der Waals surface area contributed by atoms with Crippen LogP contribution in [0.4, 0.5) is 0 Å². The number of nitrogens with one attached hydrogen (secondary N) is 1. The van der Waals surface area contributed by atoms with Gasteiger partial charge in [0, 0.05) is 28.8 Å². The van der Waals surface area contributed by atoms with E-state index in [4.69, 9.17) is 0 Å². The number of rotatable bonds is 3. The molecule has 1 N–H and O–H groups in total. The van der Waals surface area contributed by atoms with Crippen molar-refractivity contribution in [2.45, 2.75) is 42.0 Å². The van der Waals surface area contributed by atoms with Gasteiger partial charge < -0.3 is 4.90 Å². The maximum Gasteiger partial charge on any atom is 0.308 e. The highest BCUT2D eigenvalue weighted by Crippen LogP contribution is 2.52. The second kappa shape index (κ2) is 7.41. The fourth-order valence-corrected chi connectivity index (χ4v) is 8.02. The van der Waals surface area contributed by atoms with Crippen LogP contribution in [0.3, 0.4) is 0 Å². The molecule has 2 saturated heterocycles. The van der Waals surface area contributed by atoms with Crippen LogP contribution >= 0.6 is 34.4 Å². The van der Waals surface area contributed by atoms with Crippen molar-refractivity contribution in [1.82, 2.24) is 14.8 Å². The number of thiazole rings is 1. The molecule has 3 atom stereocenters. The van der Waals surface area contributed by atoms with Crippen molar-refractivity contribution >= 4 is 52.2 Å². The molecule has 7 nitrogen and oxygen atoms in total. The summed E-state index contributed by atoms with van der Waals surface area (Å²) in [4.78, 5) is 53.9. The van der Waals surface area contributed by atoms with Gasteiger partial charge >= 0.3 is 4.87 Å². The molecule has 0 bridgehead atoms. The number of aromatic nitrogens is 1. The number of hydrogen-bond acceptors (Lipinski definition) is 7. The molecule has 0 unspecified atom stereocenters. The van der Waals surface area contributed by atoms with Crippen LogP contribution < -0.4 is 10.2 Å². The lowest BCUT2D eigenvalue weighted by Gasteiger charge is -2.30. The maximum absolute atomic E-state index is 12.8. The molecule has 2 fully saturated rings. The predicted molar refractivity (Wildman–Crippen MR) is 111 cm³/mol. The second-order valence-electron chi connectivity index (χ2n) is 7.48. The normalized spacial score (nSPS) is 26.2. The number of fused-ring (bicyclic) bond motifs is 2. The van der Waals surface area contributed by atoms with Gasteiger partial charge in [0.1, 0.15) is 11.8 Å². The van der Waals surface area contributed by atoms with Crippen molar-refractivity contribution in [3.8, 4) is 0 Å². The number of thioether (sulfide) groups is 1. The zero-order chi connectivity index (χ0) is 20.1. The molecule has 0 saturated carbocycles. The number of carbonyl (C=O) groups is 3. The van der Waals surface area contributed by atoms with Gasteiger partial charge in [-0.1, -0.05) is 29.2 Å². The van der Waals surface area contributed by atoms with E-state index in [9.17, 15) is 19.2 Å². The molecule has 3 aliphatic rings. The molecule has 3 aliphatic heterocycles. The molecular weight excluding hydrogens is 430 g/mol. The third-order valence-corrected chi connectivity index (χ3v) is 9.31. The number of carbonyl (C=O) groups excluding carboxylic acids is 3. The smallest absolute Gasteiger partial charge is 0.308 e. The molecule has 3 amide bonds. The SMILES string of the molecule is O=C1NC(=O)[C@H]2Sc3c(sc(=O)n3CC(=O)N3CCCCC3)[C@@H](c3cccs3)[C@@H]12. The van der Waals surface area contributed by atoms with Gasteiger partial charge in [0.2, 0.25) is 17.7 Å². The summed E-state index contributed by atoms with van der Waals surface area (Å²) in [5.74, 6) is -1.51. The standard InChI is InChI=1S/C19H19N3O4S3/c23-11(21-6-2-1-3-7-21)9-22-18-15(29-19(22)26)12(10-5-4-8-27-10)13-14(28-18)17(25)20-16(13)24/h4-5,8,12-14H,1-3,6-7,9H2,(H,20,24,25)/t12-,13+,14-/m0/s1. The molecular formula is C19H19N3O4S3. The van der Waals surface area contributed by atoms with E-state index in [-0.39, 0.29) is 35.1 Å². The van der Waals surface area contributed by atoms with Gasteiger partial charge in [-0.25, -0.2) is 0 Å². The quantitative estimate of drug-likeness (QED) is 0.723. The Morgan fingerprint density at radius 2 is 1.93 bits per heavy atom. The van der Waals surface area contributed by atoms with E-state index >= 15 is 0 Å². The van der Waals surface area contributed by atoms with Gasteiger partial charge in [0.25, 0.3) is 0 Å². The highest BCUT2D eigenvalue weighted by Gasteiger charge is 2.53. The van der Waals surface area contributed by atoms with Gasteiger partial charge in [-0.3, -0.25) is 29.1 Å². The molecule has 0 aliphatic carbocycles. The molecule has 0 aromatic carbocycles. The third-order valence-electron chi connectivity index (χ3n) is 5.74. The van der Waals surface area contributed by atoms with Crippen molar-refractivity contribution in [1.29, 1.82) is 0 Å². The average Bonchev–Trinajstić information content (AvgIpc) is 3.42. The van der Waals surface area contributed by atoms with E-state index in [1.165, 1.54) is 27.7 Å². The molecule has 0 radical (unpaired) electrons. The van der Waals surface area contributed by atoms with Crippen LogP contribution in [-0.2, 0) is 20.9 Å². The van der Waals surface area contributed by atoms with E-state index in [1.807, 2.05) is 22.4 Å². The number of hydrogen-bond donors (Lipinski definition) is 1. The van der Waals surface area contributed by atoms with E-state index in [1.54, 1.807) is 0 Å². The van der Waals surface area contributed by atoms with Gasteiger partial charge in [0.05, 0.1) is 10.9 Å². The maximum atomic E-state index is 12.8. The fraction of sp³-hybridized carbons (Fsp3) is 0.474. The minimum atomic E-state index is -0.576. The first-order valence-corrected chi connectivity index (χ1v) is 12.2. The molecule has 2 aromatic rings. The summed E-state index contributed by atoms with van der Waals surface area (Å²) in [6.45, 7) is 1.45. The number of imide groups is 1. The zero-order valence-corrected chi connectivity index (χ0v) is 17.9. The lowest BCUT2D eigenvalue weighted by atomic mass is 9.87. The van der Waals surface area contributed by atoms with E-state index in [0.29, 0.717) is 5.03 Å². The summed E-state index contributed by atoms with van der Waals surface area (Å²) in [6.07, 6.45) is 3.11. The van der Waals surface area contributed by atoms with E-state index in [2.05, 4.69) is 5.32 Å². The first kappa shape index (κ1) is 19.1. The van der Waals surface area contributed by atoms with Crippen LogP contribution in [0.5, 0.6) is 0 Å². The molecule has 29 heavy (non-hydrogen) atoms. The van der Waals surface area contributed by atoms with Gasteiger partial charge in [-0.15, -0.1) is 11.3 Å². The lowest BCUT2D eigenvalue weighted by Crippen LogP contribution is -2.39. The van der Waals surface area contributed by atoms with Crippen molar-refractivity contribution in [3.05, 3.63) is 36.9 Å². The molecule has 2 aromatic heterocycles. The summed E-state index contributed by atoms with van der Waals surface area (Å²) in [6, 6.07) is 3.85. The summed E-state index contributed by atoms with van der Waals surface area (Å²) in [7, 11) is 0. The Balaban J connectivity index is 1.55. The number of amides is 3. The first-order chi connectivity index (χ1) is 14.0. The van der Waals surface area contributed by atoms with Crippen LogP contribution in [0.2, 0.25) is 0 Å². The Hall–Kier alpha value is -1.91. The Kier molecular flexibility index (Phi) is 4.87. The summed E-state index contributed by atoms with van der Waals surface area (Å²) in [5.41, 5.74) is 0. The lowest BCUT2D eigenvalue weighted by molar-refractivity contribution is -0.133. The fourth-order valence-electron chi connectivity index (χ4n) is 4.33. The summed E-state index contributed by atoms with van der Waals surface area (Å²) < 4.78 is 1.51. The van der Waals surface area contributed by atoms with Crippen molar-refractivity contribution in [3.63, 3.8) is 0 Å². The molecule has 0 spiro atoms. The number of thiophene rings is 1. The third kappa shape index (κ3) is 3.17. The Morgan fingerprint density at radius 1 is 1.14 bits per heavy atom. The Morgan fingerprint density at radius 3 is 2.66 bits per heavy atom. The second-order valence-corrected chi connectivity index (χ2v) is 10.6. The Labute approximate surface area is 179 Å². The molecule has 5 rings (SSSR count). The van der Waals surface area contributed by atoms with Crippen molar-refractivity contribution in [2.24, 2.45) is 5.92 Å². The van der Waals surface area contributed by atoms with E-state index < -0.39 is 11.2 Å². The Bertz CT molecular complexity index is 1040. The van der Waals surface area contributed by atoms with Crippen LogP contribution in [0.15, 0.2) is 27.3 Å². The highest BCUT2D eigenvalue weighted by atomic mass is 32.2.